The Morgan fingerprint density at radius 1 is 1.19 bits per heavy atom. The smallest absolute Gasteiger partial charge is 0.128 e. The minimum atomic E-state index is 0.173. The van der Waals surface area contributed by atoms with Crippen LogP contribution in [-0.2, 0) is 4.74 Å². The Kier molecular flexibility index (Phi) is 6.07. The van der Waals surface area contributed by atoms with Gasteiger partial charge in [0.05, 0.1) is 0 Å². The minimum absolute atomic E-state index is 0.173. The molecule has 118 valence electrons. The molecule has 1 aliphatic rings. The van der Waals surface area contributed by atoms with E-state index in [0.717, 1.165) is 38.2 Å². The Morgan fingerprint density at radius 3 is 2.67 bits per heavy atom. The molecule has 3 atom stereocenters. The van der Waals surface area contributed by atoms with Crippen molar-refractivity contribution < 1.29 is 9.47 Å². The molecule has 21 heavy (non-hydrogen) atoms. The Balaban J connectivity index is 1.95. The van der Waals surface area contributed by atoms with E-state index < -0.39 is 0 Å². The summed E-state index contributed by atoms with van der Waals surface area (Å²) in [5.41, 5.74) is 2.48. The fraction of sp³-hybridized carbons (Fsp3) is 0.667. The van der Waals surface area contributed by atoms with Gasteiger partial charge in [-0.3, -0.25) is 0 Å². The molecule has 2 rings (SSSR count). The molecule has 0 bridgehead atoms. The summed E-state index contributed by atoms with van der Waals surface area (Å²) in [6.45, 7) is 10.4. The standard InChI is InChI=1S/C18H29NO2/c1-5-9-19-15-12-17(18(15)20-10-6-2)21-16-8-7-13(3)11-14(16)4/h7-8,11,15,17-19H,5-6,9-10,12H2,1-4H3. The van der Waals surface area contributed by atoms with Gasteiger partial charge in [-0.1, -0.05) is 31.5 Å². The average Bonchev–Trinajstić information content (AvgIpc) is 2.44. The molecule has 1 fully saturated rings. The van der Waals surface area contributed by atoms with Gasteiger partial charge >= 0.3 is 0 Å². The van der Waals surface area contributed by atoms with Gasteiger partial charge in [-0.15, -0.1) is 0 Å². The molecule has 0 radical (unpaired) electrons. The van der Waals surface area contributed by atoms with E-state index in [-0.39, 0.29) is 12.2 Å². The van der Waals surface area contributed by atoms with Crippen molar-refractivity contribution in [3.8, 4) is 5.75 Å². The van der Waals surface area contributed by atoms with E-state index in [4.69, 9.17) is 9.47 Å². The quantitative estimate of drug-likeness (QED) is 0.793. The number of benzene rings is 1. The van der Waals surface area contributed by atoms with Crippen molar-refractivity contribution in [3.63, 3.8) is 0 Å². The summed E-state index contributed by atoms with van der Waals surface area (Å²) < 4.78 is 12.2. The zero-order valence-corrected chi connectivity index (χ0v) is 13.8. The largest absolute Gasteiger partial charge is 0.487 e. The molecule has 0 spiro atoms. The number of hydrogen-bond donors (Lipinski definition) is 1. The summed E-state index contributed by atoms with van der Waals surface area (Å²) in [6, 6.07) is 6.79. The fourth-order valence-electron chi connectivity index (χ4n) is 2.80. The van der Waals surface area contributed by atoms with Crippen LogP contribution in [0.1, 0.15) is 44.2 Å². The first kappa shape index (κ1) is 16.3. The second kappa shape index (κ2) is 7.81. The Bertz CT molecular complexity index is 447. The van der Waals surface area contributed by atoms with Crippen molar-refractivity contribution in [2.45, 2.75) is 65.2 Å². The first-order valence-electron chi connectivity index (χ1n) is 8.24. The summed E-state index contributed by atoms with van der Waals surface area (Å²) in [6.07, 6.45) is 3.58. The van der Waals surface area contributed by atoms with Crippen molar-refractivity contribution in [2.75, 3.05) is 13.2 Å². The predicted octanol–water partition coefficient (Wildman–Crippen LogP) is 3.62. The third-order valence-electron chi connectivity index (χ3n) is 4.03. The van der Waals surface area contributed by atoms with Crippen LogP contribution in [0, 0.1) is 13.8 Å². The van der Waals surface area contributed by atoms with E-state index in [9.17, 15) is 0 Å². The molecule has 1 saturated carbocycles. The Hall–Kier alpha value is -1.06. The van der Waals surface area contributed by atoms with Gasteiger partial charge in [0, 0.05) is 19.1 Å². The molecule has 0 heterocycles. The highest BCUT2D eigenvalue weighted by Gasteiger charge is 2.43. The lowest BCUT2D eigenvalue weighted by Gasteiger charge is -2.44. The molecule has 0 saturated heterocycles. The van der Waals surface area contributed by atoms with Gasteiger partial charge in [0.1, 0.15) is 18.0 Å². The van der Waals surface area contributed by atoms with Crippen LogP contribution in [0.4, 0.5) is 0 Å². The molecule has 3 heteroatoms. The molecule has 0 aromatic heterocycles. The van der Waals surface area contributed by atoms with Crippen LogP contribution < -0.4 is 10.1 Å². The van der Waals surface area contributed by atoms with E-state index in [1.165, 1.54) is 11.1 Å². The topological polar surface area (TPSA) is 30.5 Å². The van der Waals surface area contributed by atoms with Crippen LogP contribution in [0.5, 0.6) is 5.75 Å². The zero-order chi connectivity index (χ0) is 15.2. The van der Waals surface area contributed by atoms with Gasteiger partial charge < -0.3 is 14.8 Å². The first-order valence-corrected chi connectivity index (χ1v) is 8.24. The molecule has 0 aliphatic heterocycles. The van der Waals surface area contributed by atoms with Crippen LogP contribution in [0.2, 0.25) is 0 Å². The normalized spacial score (nSPS) is 24.7. The molecular formula is C18H29NO2. The molecule has 3 nitrogen and oxygen atoms in total. The molecule has 3 unspecified atom stereocenters. The molecule has 1 aliphatic carbocycles. The summed E-state index contributed by atoms with van der Waals surface area (Å²) in [5, 5.41) is 3.56. The van der Waals surface area contributed by atoms with Gasteiger partial charge in [-0.05, 0) is 44.9 Å². The van der Waals surface area contributed by atoms with E-state index in [1.807, 2.05) is 0 Å². The van der Waals surface area contributed by atoms with Crippen molar-refractivity contribution in [1.82, 2.24) is 5.32 Å². The van der Waals surface area contributed by atoms with Crippen molar-refractivity contribution >= 4 is 0 Å². The van der Waals surface area contributed by atoms with E-state index >= 15 is 0 Å². The number of hydrogen-bond acceptors (Lipinski definition) is 3. The fourth-order valence-corrected chi connectivity index (χ4v) is 2.80. The van der Waals surface area contributed by atoms with Gasteiger partial charge in [0.15, 0.2) is 0 Å². The van der Waals surface area contributed by atoms with Crippen molar-refractivity contribution in [2.24, 2.45) is 0 Å². The maximum atomic E-state index is 6.19. The highest BCUT2D eigenvalue weighted by Crippen LogP contribution is 2.31. The minimum Gasteiger partial charge on any atom is -0.487 e. The van der Waals surface area contributed by atoms with Crippen LogP contribution in [0.15, 0.2) is 18.2 Å². The monoisotopic (exact) mass is 291 g/mol. The summed E-state index contributed by atoms with van der Waals surface area (Å²) in [7, 11) is 0. The van der Waals surface area contributed by atoms with Gasteiger partial charge in [-0.2, -0.15) is 0 Å². The van der Waals surface area contributed by atoms with Gasteiger partial charge in [0.2, 0.25) is 0 Å². The molecule has 0 amide bonds. The number of nitrogens with one attached hydrogen (secondary N) is 1. The second-order valence-corrected chi connectivity index (χ2v) is 6.06. The van der Waals surface area contributed by atoms with Gasteiger partial charge in [-0.25, -0.2) is 0 Å². The van der Waals surface area contributed by atoms with Gasteiger partial charge in [0.25, 0.3) is 0 Å². The Morgan fingerprint density at radius 2 is 2.00 bits per heavy atom. The SMILES string of the molecule is CCCNC1CC(Oc2ccc(C)cc2C)C1OCCC. The predicted molar refractivity (Wildman–Crippen MR) is 87.1 cm³/mol. The summed E-state index contributed by atoms with van der Waals surface area (Å²) >= 11 is 0. The lowest BCUT2D eigenvalue weighted by atomic mass is 9.85. The lowest BCUT2D eigenvalue weighted by molar-refractivity contribution is -0.108. The number of aryl methyl sites for hydroxylation is 2. The van der Waals surface area contributed by atoms with Crippen LogP contribution in [0.25, 0.3) is 0 Å². The van der Waals surface area contributed by atoms with E-state index in [2.05, 4.69) is 51.2 Å². The second-order valence-electron chi connectivity index (χ2n) is 6.06. The number of ether oxygens (including phenoxy) is 2. The summed E-state index contributed by atoms with van der Waals surface area (Å²) in [5.74, 6) is 0.990. The lowest BCUT2D eigenvalue weighted by Crippen LogP contribution is -2.61. The van der Waals surface area contributed by atoms with E-state index in [1.54, 1.807) is 0 Å². The van der Waals surface area contributed by atoms with Crippen LogP contribution in [-0.4, -0.2) is 31.4 Å². The zero-order valence-electron chi connectivity index (χ0n) is 13.8. The summed E-state index contributed by atoms with van der Waals surface area (Å²) in [4.78, 5) is 0. The number of rotatable bonds is 8. The van der Waals surface area contributed by atoms with Crippen molar-refractivity contribution in [1.29, 1.82) is 0 Å². The molecular weight excluding hydrogens is 262 g/mol. The van der Waals surface area contributed by atoms with Crippen molar-refractivity contribution in [3.05, 3.63) is 29.3 Å². The molecule has 1 aromatic carbocycles. The highest BCUT2D eigenvalue weighted by molar-refractivity contribution is 5.36. The highest BCUT2D eigenvalue weighted by atomic mass is 16.5. The molecule has 1 N–H and O–H groups in total. The third kappa shape index (κ3) is 4.21. The van der Waals surface area contributed by atoms with Crippen LogP contribution >= 0.6 is 0 Å². The maximum Gasteiger partial charge on any atom is 0.128 e. The maximum absolute atomic E-state index is 6.19. The van der Waals surface area contributed by atoms with Crippen LogP contribution in [0.3, 0.4) is 0 Å². The third-order valence-corrected chi connectivity index (χ3v) is 4.03. The molecule has 1 aromatic rings. The Labute approximate surface area is 129 Å². The average molecular weight is 291 g/mol. The van der Waals surface area contributed by atoms with E-state index in [0.29, 0.717) is 6.04 Å². The first-order chi connectivity index (χ1) is 10.2.